The molecule has 0 spiro atoms. The Bertz CT molecular complexity index is 256. The van der Waals surface area contributed by atoms with Gasteiger partial charge in [-0.1, -0.05) is 27.7 Å². The van der Waals surface area contributed by atoms with E-state index in [2.05, 4.69) is 4.98 Å². The molecule has 2 heteroatoms. The lowest BCUT2D eigenvalue weighted by Crippen LogP contribution is -1.94. The maximum absolute atomic E-state index is 12.9. The van der Waals surface area contributed by atoms with Crippen molar-refractivity contribution in [2.24, 2.45) is 0 Å². The number of nitrogens with zero attached hydrogens (tertiary/aromatic N) is 1. The zero-order valence-electron chi connectivity index (χ0n) is 9.06. The second-order valence-corrected chi connectivity index (χ2v) is 3.01. The molecule has 0 bridgehead atoms. The molecule has 0 atom stereocenters. The van der Waals surface area contributed by atoms with Gasteiger partial charge < -0.3 is 0 Å². The van der Waals surface area contributed by atoms with Crippen LogP contribution in [0.2, 0.25) is 0 Å². The summed E-state index contributed by atoms with van der Waals surface area (Å²) in [4.78, 5) is 4.10. The summed E-state index contributed by atoms with van der Waals surface area (Å²) in [7, 11) is 0. The Morgan fingerprint density at radius 1 is 1.31 bits per heavy atom. The molecule has 0 N–H and O–H groups in total. The summed E-state index contributed by atoms with van der Waals surface area (Å²) in [6, 6.07) is 1.50. The highest BCUT2D eigenvalue weighted by Crippen LogP contribution is 2.13. The predicted molar refractivity (Wildman–Crippen MR) is 54.4 cm³/mol. The molecule has 0 fully saturated rings. The predicted octanol–water partition coefficient (Wildman–Crippen LogP) is 3.68. The maximum atomic E-state index is 12.9. The van der Waals surface area contributed by atoms with Crippen molar-refractivity contribution in [3.63, 3.8) is 0 Å². The summed E-state index contributed by atoms with van der Waals surface area (Å²) in [6.07, 6.45) is 1.57. The normalized spacial score (nSPS) is 9.46. The van der Waals surface area contributed by atoms with Crippen molar-refractivity contribution in [1.82, 2.24) is 4.98 Å². The lowest BCUT2D eigenvalue weighted by Gasteiger charge is -2.04. The average molecular weight is 183 g/mol. The van der Waals surface area contributed by atoms with E-state index < -0.39 is 0 Å². The van der Waals surface area contributed by atoms with E-state index in [1.165, 1.54) is 6.07 Å². The number of rotatable bonds is 1. The van der Waals surface area contributed by atoms with Crippen molar-refractivity contribution in [1.29, 1.82) is 0 Å². The first-order chi connectivity index (χ1) is 6.11. The monoisotopic (exact) mass is 183 g/mol. The van der Waals surface area contributed by atoms with Gasteiger partial charge in [-0.25, -0.2) is 4.39 Å². The summed E-state index contributed by atoms with van der Waals surface area (Å²) in [6.45, 7) is 9.71. The molecule has 0 amide bonds. The lowest BCUT2D eigenvalue weighted by molar-refractivity contribution is 0.608. The van der Waals surface area contributed by atoms with Crippen LogP contribution in [-0.4, -0.2) is 4.98 Å². The topological polar surface area (TPSA) is 12.9 Å². The Labute approximate surface area is 80.0 Å². The molecule has 1 nitrogen and oxygen atoms in total. The summed E-state index contributed by atoms with van der Waals surface area (Å²) >= 11 is 0. The zero-order chi connectivity index (χ0) is 10.4. The Kier molecular flexibility index (Phi) is 5.28. The van der Waals surface area contributed by atoms with Gasteiger partial charge in [0, 0.05) is 17.5 Å². The fourth-order valence-corrected chi connectivity index (χ4v) is 0.830. The van der Waals surface area contributed by atoms with Gasteiger partial charge in [0.1, 0.15) is 5.82 Å². The van der Waals surface area contributed by atoms with E-state index in [0.717, 1.165) is 5.69 Å². The first-order valence-corrected chi connectivity index (χ1v) is 4.73. The van der Waals surface area contributed by atoms with E-state index in [0.29, 0.717) is 11.5 Å². The molecule has 0 saturated carbocycles. The highest BCUT2D eigenvalue weighted by Gasteiger charge is 2.03. The third-order valence-electron chi connectivity index (χ3n) is 1.65. The third-order valence-corrected chi connectivity index (χ3v) is 1.65. The SMILES string of the molecule is CC.Cc1cnc(C(C)C)cc1F. The van der Waals surface area contributed by atoms with Crippen LogP contribution in [0, 0.1) is 12.7 Å². The van der Waals surface area contributed by atoms with Crippen LogP contribution in [-0.2, 0) is 0 Å². The van der Waals surface area contributed by atoms with Gasteiger partial charge in [-0.3, -0.25) is 4.98 Å². The Morgan fingerprint density at radius 3 is 2.23 bits per heavy atom. The summed E-state index contributed by atoms with van der Waals surface area (Å²) in [5, 5.41) is 0. The first kappa shape index (κ1) is 12.1. The van der Waals surface area contributed by atoms with E-state index in [9.17, 15) is 4.39 Å². The van der Waals surface area contributed by atoms with Gasteiger partial charge in [-0.15, -0.1) is 0 Å². The van der Waals surface area contributed by atoms with E-state index >= 15 is 0 Å². The molecule has 1 aromatic rings. The van der Waals surface area contributed by atoms with Crippen molar-refractivity contribution >= 4 is 0 Å². The van der Waals surface area contributed by atoms with Crippen molar-refractivity contribution in [2.45, 2.75) is 40.5 Å². The fourth-order valence-electron chi connectivity index (χ4n) is 0.830. The lowest BCUT2D eigenvalue weighted by atomic mass is 10.1. The summed E-state index contributed by atoms with van der Waals surface area (Å²) in [5.74, 6) is 0.133. The average Bonchev–Trinajstić information content (AvgIpc) is 2.13. The standard InChI is InChI=1S/C9H12FN.C2H6/c1-6(2)9-4-8(10)7(3)5-11-9;1-2/h4-6H,1-3H3;1-2H3. The van der Waals surface area contributed by atoms with Crippen LogP contribution in [0.3, 0.4) is 0 Å². The zero-order valence-corrected chi connectivity index (χ0v) is 9.06. The van der Waals surface area contributed by atoms with Crippen molar-refractivity contribution < 1.29 is 4.39 Å². The van der Waals surface area contributed by atoms with Gasteiger partial charge in [-0.05, 0) is 18.9 Å². The van der Waals surface area contributed by atoms with Crippen LogP contribution in [0.25, 0.3) is 0 Å². The molecule has 13 heavy (non-hydrogen) atoms. The van der Waals surface area contributed by atoms with E-state index in [1.54, 1.807) is 13.1 Å². The Morgan fingerprint density at radius 2 is 1.85 bits per heavy atom. The minimum Gasteiger partial charge on any atom is -0.261 e. The largest absolute Gasteiger partial charge is 0.261 e. The number of pyridine rings is 1. The maximum Gasteiger partial charge on any atom is 0.129 e. The minimum absolute atomic E-state index is 0.163. The second kappa shape index (κ2) is 5.68. The van der Waals surface area contributed by atoms with Crippen LogP contribution in [0.5, 0.6) is 0 Å². The summed E-state index contributed by atoms with van der Waals surface area (Å²) in [5.41, 5.74) is 1.42. The Hall–Kier alpha value is -0.920. The molecule has 1 heterocycles. The number of hydrogen-bond donors (Lipinski definition) is 0. The van der Waals surface area contributed by atoms with E-state index in [-0.39, 0.29) is 5.82 Å². The molecule has 0 unspecified atom stereocenters. The van der Waals surface area contributed by atoms with Crippen LogP contribution in [0.15, 0.2) is 12.3 Å². The van der Waals surface area contributed by atoms with Gasteiger partial charge in [0.2, 0.25) is 0 Å². The molecule has 0 radical (unpaired) electrons. The van der Waals surface area contributed by atoms with Crippen molar-refractivity contribution in [2.75, 3.05) is 0 Å². The molecule has 0 saturated heterocycles. The minimum atomic E-state index is -0.163. The Balaban J connectivity index is 0.000000671. The van der Waals surface area contributed by atoms with Gasteiger partial charge in [0.25, 0.3) is 0 Å². The van der Waals surface area contributed by atoms with Crippen LogP contribution in [0.1, 0.15) is 44.9 Å². The molecular formula is C11H18FN. The highest BCUT2D eigenvalue weighted by atomic mass is 19.1. The van der Waals surface area contributed by atoms with Crippen molar-refractivity contribution in [3.8, 4) is 0 Å². The summed E-state index contributed by atoms with van der Waals surface area (Å²) < 4.78 is 12.9. The fraction of sp³-hybridized carbons (Fsp3) is 0.545. The molecule has 0 aliphatic carbocycles. The van der Waals surface area contributed by atoms with E-state index in [4.69, 9.17) is 0 Å². The molecular weight excluding hydrogens is 165 g/mol. The highest BCUT2D eigenvalue weighted by molar-refractivity contribution is 5.16. The van der Waals surface area contributed by atoms with Crippen LogP contribution < -0.4 is 0 Å². The number of hydrogen-bond acceptors (Lipinski definition) is 1. The molecule has 74 valence electrons. The number of halogens is 1. The van der Waals surface area contributed by atoms with Gasteiger partial charge in [0.05, 0.1) is 0 Å². The molecule has 0 aromatic carbocycles. The molecule has 0 aliphatic heterocycles. The molecule has 1 aromatic heterocycles. The van der Waals surface area contributed by atoms with E-state index in [1.807, 2.05) is 27.7 Å². The third kappa shape index (κ3) is 3.53. The van der Waals surface area contributed by atoms with Crippen molar-refractivity contribution in [3.05, 3.63) is 29.3 Å². The van der Waals surface area contributed by atoms with Gasteiger partial charge in [0.15, 0.2) is 0 Å². The first-order valence-electron chi connectivity index (χ1n) is 4.73. The van der Waals surface area contributed by atoms with Crippen LogP contribution in [0.4, 0.5) is 4.39 Å². The quantitative estimate of drug-likeness (QED) is 0.647. The second-order valence-electron chi connectivity index (χ2n) is 3.01. The van der Waals surface area contributed by atoms with Gasteiger partial charge in [-0.2, -0.15) is 0 Å². The smallest absolute Gasteiger partial charge is 0.129 e. The molecule has 1 rings (SSSR count). The number of aryl methyl sites for hydroxylation is 1. The van der Waals surface area contributed by atoms with Gasteiger partial charge >= 0.3 is 0 Å². The van der Waals surface area contributed by atoms with Crippen LogP contribution >= 0.6 is 0 Å². The number of aromatic nitrogens is 1. The molecule has 0 aliphatic rings.